The molecule has 1 saturated heterocycles. The van der Waals surface area contributed by atoms with Gasteiger partial charge < -0.3 is 66.9 Å². The average molecular weight is 1680 g/mol. The number of nitriles is 1. The molecule has 1 aliphatic rings. The third-order valence-electron chi connectivity index (χ3n) is 14.1. The molecule has 113 heavy (non-hydrogen) atoms. The van der Waals surface area contributed by atoms with Crippen LogP contribution in [0.15, 0.2) is 189 Å². The Kier molecular flexibility index (Phi) is 45.2. The number of ether oxygens (including phenoxy) is 1. The van der Waals surface area contributed by atoms with Gasteiger partial charge in [0, 0.05) is 121 Å². The summed E-state index contributed by atoms with van der Waals surface area (Å²) in [5.74, 6) is 4.03. The number of aliphatic carboxylic acids is 1. The van der Waals surface area contributed by atoms with Gasteiger partial charge in [0.05, 0.1) is 61.2 Å². The third-order valence-corrected chi connectivity index (χ3v) is 18.6. The number of carbonyl (C=O) groups is 5. The second kappa shape index (κ2) is 50.7. The number of aryl methyl sites for hydroxylation is 2. The number of halogens is 1. The van der Waals surface area contributed by atoms with Crippen LogP contribution in [0.2, 0.25) is 0 Å². The first-order valence-corrected chi connectivity index (χ1v) is 39.3. The van der Waals surface area contributed by atoms with Crippen LogP contribution < -0.4 is 79.2 Å². The smallest absolute Gasteiger partial charge is 0.662 e. The summed E-state index contributed by atoms with van der Waals surface area (Å²) < 4.78 is 104. The quantitative estimate of drug-likeness (QED) is 0.00370. The number of carboxylic acids is 1. The summed E-state index contributed by atoms with van der Waals surface area (Å²) >= 11 is 0. The van der Waals surface area contributed by atoms with E-state index in [0.29, 0.717) is 88.3 Å². The number of oxime groups is 1. The van der Waals surface area contributed by atoms with E-state index < -0.39 is 57.3 Å². The fourth-order valence-electron chi connectivity index (χ4n) is 8.64. The number of benzene rings is 6. The van der Waals surface area contributed by atoms with Gasteiger partial charge in [-0.15, -0.1) is 12.4 Å². The molecule has 1 fully saturated rings. The number of hydrogen-bond donors (Lipinski definition) is 11. The maximum Gasteiger partial charge on any atom is 1.00 e. The van der Waals surface area contributed by atoms with Gasteiger partial charge in [-0.1, -0.05) is 51.9 Å². The van der Waals surface area contributed by atoms with Crippen molar-refractivity contribution >= 4 is 151 Å². The van der Waals surface area contributed by atoms with Crippen molar-refractivity contribution in [3.63, 3.8) is 0 Å². The number of rotatable bonds is 23. The van der Waals surface area contributed by atoms with Crippen molar-refractivity contribution in [3.05, 3.63) is 189 Å². The molecular formula is C67H76ClN16Na2O23S4. The zero-order valence-corrected chi connectivity index (χ0v) is 69.4. The van der Waals surface area contributed by atoms with Crippen LogP contribution in [-0.2, 0) is 85.8 Å². The molecular weight excluding hydrogens is 1610 g/mol. The fourth-order valence-corrected chi connectivity index (χ4v) is 11.2. The number of carboxylic acid groups (broad SMARTS) is 1. The molecule has 6 aromatic carbocycles. The van der Waals surface area contributed by atoms with Gasteiger partial charge in [0.15, 0.2) is 56.8 Å². The number of anilines is 2. The van der Waals surface area contributed by atoms with Crippen molar-refractivity contribution in [3.8, 4) is 28.8 Å². The number of amidine groups is 1. The number of H-pyrrole nitrogens is 2. The average Bonchev–Trinajstić information content (AvgIpc) is 1.83. The van der Waals surface area contributed by atoms with Crippen LogP contribution in [-0.4, -0.2) is 207 Å². The van der Waals surface area contributed by atoms with Crippen molar-refractivity contribution < 1.29 is 127 Å². The van der Waals surface area contributed by atoms with Gasteiger partial charge in [0.25, 0.3) is 17.6 Å². The molecule has 0 bridgehead atoms. The largest absolute Gasteiger partial charge is 1.00 e. The molecule has 595 valence electrons. The van der Waals surface area contributed by atoms with E-state index in [0.717, 1.165) is 48.8 Å². The standard InChI is InChI=1S/C23H24N6O5S.C12H12N2O5S.C11H14N4O.C8H10N2O3S.C8H7NO2S.C4H4O3.CH2O3.ClH.H3NO.2Na/c1-35(32,33)16-9-7-15(8-10-16)21-26-20(34-29-21)12-11-19(30)24-13-4-14-25-22-17-5-2-3-6-18(17)23(31)28-27-22;1-20(17,18)9-4-2-8(3-5-9)12-13-10(19-14-12)6-7-11(15)16;12-6-3-7-13-10-8-4-1-2-5-9(8)11(16)15-14-10;1-14(12,13)7-4-2-6(3-5-7)8(9)10-11;1-12(10,11)8-4-2-7(6-9)3-5-8;5-3-1-2-4(6)7-3;2-1-4-3;;1-2;;/h2-3,5-10H,4,11-14H2,1H3,(H,24,30)(H,25,27)(H,28,31);2-5H,6-7H2,1H3,(H,15,16);1-2,4-5H,3,6-7,12H2,(H,13,14)(H,15,16);2-5,11H,1H3,(H2,9,10);2-5H,1H3;1-2H2;1,3H;1H;2H,1H2;;/q;;;;;;;;;;+1/p-1. The minimum atomic E-state index is -3.28. The van der Waals surface area contributed by atoms with Gasteiger partial charge in [-0.2, -0.15) is 25.4 Å². The van der Waals surface area contributed by atoms with Crippen LogP contribution in [0.5, 0.6) is 0 Å². The third kappa shape index (κ3) is 35.5. The summed E-state index contributed by atoms with van der Waals surface area (Å²) in [4.78, 5) is 86.4. The number of carbonyl (C=O) groups excluding carboxylic acids is 4. The predicted molar refractivity (Wildman–Crippen MR) is 406 cm³/mol. The van der Waals surface area contributed by atoms with Crippen molar-refractivity contribution in [1.82, 2.24) is 46.0 Å². The Balaban J connectivity index is 0.000000707. The van der Waals surface area contributed by atoms with E-state index in [1.54, 1.807) is 42.5 Å². The normalized spacial score (nSPS) is 11.3. The van der Waals surface area contributed by atoms with E-state index in [1.807, 2.05) is 36.4 Å². The molecule has 0 aliphatic carbocycles. The van der Waals surface area contributed by atoms with Crippen molar-refractivity contribution in [2.24, 2.45) is 22.5 Å². The second-order valence-electron chi connectivity index (χ2n) is 22.3. The number of aromatic nitrogens is 8. The van der Waals surface area contributed by atoms with Gasteiger partial charge >= 0.3 is 47.5 Å². The van der Waals surface area contributed by atoms with E-state index in [2.05, 4.69) is 77.3 Å². The van der Waals surface area contributed by atoms with Gasteiger partial charge in [-0.25, -0.2) is 49.8 Å². The van der Waals surface area contributed by atoms with E-state index in [9.17, 15) is 62.4 Å². The molecule has 1 amide bonds. The molecule has 0 atom stereocenters. The zero-order valence-electron chi connectivity index (χ0n) is 61.3. The summed E-state index contributed by atoms with van der Waals surface area (Å²) in [7, 11) is -12.9. The number of fused-ring (bicyclic) bond motifs is 2. The molecule has 0 unspecified atom stereocenters. The molecule has 0 spiro atoms. The monoisotopic (exact) mass is 1680 g/mol. The van der Waals surface area contributed by atoms with E-state index >= 15 is 0 Å². The van der Waals surface area contributed by atoms with Gasteiger partial charge in [-0.05, 0) is 129 Å². The number of aromatic amines is 2. The maximum atomic E-state index is 12.1. The topological polar surface area (TPSA) is 644 Å². The first kappa shape index (κ1) is 101. The number of esters is 2. The number of nitrogens with two attached hydrogens (primary N) is 3. The number of cyclic esters (lactones) is 2. The summed E-state index contributed by atoms with van der Waals surface area (Å²) in [6.45, 7) is 2.23. The molecule has 46 heteroatoms. The summed E-state index contributed by atoms with van der Waals surface area (Å²) in [6, 6.07) is 40.3. The van der Waals surface area contributed by atoms with Crippen LogP contribution in [0, 0.1) is 11.3 Å². The van der Waals surface area contributed by atoms with E-state index in [1.165, 1.54) is 72.8 Å². The van der Waals surface area contributed by atoms with Gasteiger partial charge in [-0.3, -0.25) is 33.6 Å². The number of amides is 1. The molecule has 4 aromatic heterocycles. The first-order valence-electron chi connectivity index (χ1n) is 31.8. The van der Waals surface area contributed by atoms with Crippen LogP contribution in [0.25, 0.3) is 44.3 Å². The molecule has 14 N–H and O–H groups in total. The molecule has 11 rings (SSSR count). The Morgan fingerprint density at radius 3 is 1.31 bits per heavy atom. The molecule has 5 heterocycles. The summed E-state index contributed by atoms with van der Waals surface area (Å²) in [6.07, 6.45) is 7.11. The molecule has 10 aromatic rings. The Morgan fingerprint density at radius 1 is 0.611 bits per heavy atom. The summed E-state index contributed by atoms with van der Waals surface area (Å²) in [5, 5.41) is 75.6. The number of sulfone groups is 4. The van der Waals surface area contributed by atoms with Crippen LogP contribution in [0.1, 0.15) is 61.4 Å². The Hall–Kier alpha value is -10.3. The molecule has 39 nitrogen and oxygen atoms in total. The van der Waals surface area contributed by atoms with Crippen molar-refractivity contribution in [2.45, 2.75) is 70.9 Å². The molecule has 1 radical (unpaired) electrons. The first-order chi connectivity index (χ1) is 52.2. The second-order valence-corrected chi connectivity index (χ2v) is 30.4. The number of hydrogen-bond acceptors (Lipinski definition) is 34. The number of nitrogens with one attached hydrogen (secondary N) is 5. The van der Waals surface area contributed by atoms with Gasteiger partial charge in [0.1, 0.15) is 0 Å². The van der Waals surface area contributed by atoms with Crippen molar-refractivity contribution in [1.29, 1.82) is 5.26 Å². The van der Waals surface area contributed by atoms with E-state index in [-0.39, 0.29) is 165 Å². The molecule has 1 aliphatic heterocycles. The minimum Gasteiger partial charge on any atom is -0.662 e. The van der Waals surface area contributed by atoms with E-state index in [4.69, 9.17) is 51.3 Å². The predicted octanol–water partition coefficient (Wildman–Crippen LogP) is -0.421. The fraction of sp³-hybridized carbons (Fsp3) is 0.239. The Labute approximate surface area is 696 Å². The zero-order chi connectivity index (χ0) is 81.6. The Morgan fingerprint density at radius 2 is 0.973 bits per heavy atom. The molecule has 0 saturated carbocycles. The van der Waals surface area contributed by atoms with Crippen LogP contribution in [0.3, 0.4) is 0 Å². The van der Waals surface area contributed by atoms with Crippen molar-refractivity contribution in [2.75, 3.05) is 61.8 Å². The number of nitrogens with zero attached hydrogens (tertiary/aromatic N) is 8. The van der Waals surface area contributed by atoms with Crippen LogP contribution >= 0.6 is 12.4 Å². The SMILES string of the molecule is CS(=O)(=O)c1ccc(-c2noc(CCC(=O)NCCCNc3n[nH]c(=O)c4ccccc34)n2)cc1.CS(=O)(=O)c1ccc(-c2noc(CCC(=O)O)n2)cc1.CS(=O)(=O)c1ccc(/C(N)=N/O)cc1.CS(=O)(=O)c1ccc(C#N)cc1.Cl.NCCCNc1n[nH]c(=O)c2ccccc12.NO.O=C1CCC(=O)O1.O=CO[O-].[Na+].[Na]. The van der Waals surface area contributed by atoms with Crippen LogP contribution in [0.4, 0.5) is 11.6 Å². The maximum absolute atomic E-state index is 12.1. The summed E-state index contributed by atoms with van der Waals surface area (Å²) in [5.41, 5.74) is 12.5. The Bertz CT molecular complexity index is 5400. The van der Waals surface area contributed by atoms with Gasteiger partial charge in [0.2, 0.25) is 29.3 Å². The minimum absolute atomic E-state index is 0.